The highest BCUT2D eigenvalue weighted by Gasteiger charge is 2.04. The average molecular weight is 267 g/mol. The molecule has 0 spiro atoms. The van der Waals surface area contributed by atoms with Gasteiger partial charge in [0.15, 0.2) is 5.82 Å². The number of halogens is 1. The lowest BCUT2D eigenvalue weighted by Gasteiger charge is -2.06. The first-order chi connectivity index (χ1) is 7.16. The topological polar surface area (TPSA) is 56.7 Å². The molecule has 78 valence electrons. The van der Waals surface area contributed by atoms with Gasteiger partial charge in [0.2, 0.25) is 0 Å². The molecule has 0 unspecified atom stereocenters. The Kier molecular flexibility index (Phi) is 2.83. The van der Waals surface area contributed by atoms with Crippen molar-refractivity contribution in [2.24, 2.45) is 5.73 Å². The van der Waals surface area contributed by atoms with Crippen molar-refractivity contribution >= 4 is 15.9 Å². The number of hydrogen-bond donors (Lipinski definition) is 1. The Morgan fingerprint density at radius 2 is 2.33 bits per heavy atom. The molecule has 0 aliphatic heterocycles. The van der Waals surface area contributed by atoms with Crippen LogP contribution in [0.5, 0.6) is 0 Å². The fourth-order valence-corrected chi connectivity index (χ4v) is 1.55. The molecule has 2 aromatic heterocycles. The van der Waals surface area contributed by atoms with Crippen molar-refractivity contribution < 1.29 is 0 Å². The van der Waals surface area contributed by atoms with E-state index in [9.17, 15) is 0 Å². The maximum Gasteiger partial charge on any atom is 0.153 e. The molecule has 0 saturated carbocycles. The summed E-state index contributed by atoms with van der Waals surface area (Å²) in [5, 5.41) is 4.15. The zero-order valence-corrected chi connectivity index (χ0v) is 9.85. The standard InChI is InChI=1S/C10H11BrN4/c1-7(12)8-2-3-13-10(4-8)15-6-9(11)5-14-15/h2-7H,12H2,1H3/t7-/m1/s1. The molecule has 1 atom stereocenters. The van der Waals surface area contributed by atoms with Crippen LogP contribution in [-0.4, -0.2) is 14.8 Å². The molecule has 0 aliphatic carbocycles. The fourth-order valence-electron chi connectivity index (χ4n) is 1.27. The minimum absolute atomic E-state index is 0.00533. The summed E-state index contributed by atoms with van der Waals surface area (Å²) in [4.78, 5) is 4.23. The van der Waals surface area contributed by atoms with E-state index in [2.05, 4.69) is 26.0 Å². The third-order valence-electron chi connectivity index (χ3n) is 2.08. The largest absolute Gasteiger partial charge is 0.324 e. The van der Waals surface area contributed by atoms with Crippen molar-refractivity contribution in [1.82, 2.24) is 14.8 Å². The molecule has 2 aromatic rings. The van der Waals surface area contributed by atoms with Crippen LogP contribution < -0.4 is 5.73 Å². The van der Waals surface area contributed by atoms with Crippen LogP contribution in [0.1, 0.15) is 18.5 Å². The summed E-state index contributed by atoms with van der Waals surface area (Å²) in [6, 6.07) is 3.85. The maximum absolute atomic E-state index is 5.80. The van der Waals surface area contributed by atoms with Gasteiger partial charge in [0.1, 0.15) is 0 Å². The number of nitrogens with zero attached hydrogens (tertiary/aromatic N) is 3. The monoisotopic (exact) mass is 266 g/mol. The molecule has 0 amide bonds. The van der Waals surface area contributed by atoms with E-state index in [1.54, 1.807) is 17.1 Å². The Morgan fingerprint density at radius 3 is 2.93 bits per heavy atom. The number of rotatable bonds is 2. The summed E-state index contributed by atoms with van der Waals surface area (Å²) in [7, 11) is 0. The van der Waals surface area contributed by atoms with Crippen LogP contribution in [0.3, 0.4) is 0 Å². The molecular formula is C10H11BrN4. The van der Waals surface area contributed by atoms with E-state index < -0.39 is 0 Å². The van der Waals surface area contributed by atoms with Gasteiger partial charge in [-0.1, -0.05) is 0 Å². The quantitative estimate of drug-likeness (QED) is 0.905. The van der Waals surface area contributed by atoms with Crippen LogP contribution in [0.4, 0.5) is 0 Å². The second kappa shape index (κ2) is 4.12. The Morgan fingerprint density at radius 1 is 1.53 bits per heavy atom. The van der Waals surface area contributed by atoms with Crippen LogP contribution >= 0.6 is 15.9 Å². The zero-order chi connectivity index (χ0) is 10.8. The van der Waals surface area contributed by atoms with E-state index in [1.165, 1.54) is 0 Å². The smallest absolute Gasteiger partial charge is 0.153 e. The van der Waals surface area contributed by atoms with Gasteiger partial charge in [0.25, 0.3) is 0 Å². The van der Waals surface area contributed by atoms with Gasteiger partial charge in [-0.25, -0.2) is 9.67 Å². The SMILES string of the molecule is C[C@@H](N)c1ccnc(-n2cc(Br)cn2)c1. The molecule has 4 nitrogen and oxygen atoms in total. The molecule has 0 saturated heterocycles. The van der Waals surface area contributed by atoms with E-state index >= 15 is 0 Å². The Bertz CT molecular complexity index is 464. The third kappa shape index (κ3) is 2.24. The molecule has 0 fully saturated rings. The predicted molar refractivity (Wildman–Crippen MR) is 61.7 cm³/mol. The van der Waals surface area contributed by atoms with Gasteiger partial charge in [0, 0.05) is 18.4 Å². The van der Waals surface area contributed by atoms with Crippen LogP contribution in [-0.2, 0) is 0 Å². The second-order valence-electron chi connectivity index (χ2n) is 3.34. The van der Waals surface area contributed by atoms with E-state index in [4.69, 9.17) is 5.73 Å². The van der Waals surface area contributed by atoms with E-state index in [1.807, 2.05) is 25.3 Å². The Labute approximate surface area is 96.3 Å². The van der Waals surface area contributed by atoms with Crippen LogP contribution in [0.25, 0.3) is 5.82 Å². The molecule has 0 radical (unpaired) electrons. The van der Waals surface area contributed by atoms with Crippen molar-refractivity contribution in [2.75, 3.05) is 0 Å². The number of aromatic nitrogens is 3. The third-order valence-corrected chi connectivity index (χ3v) is 2.49. The van der Waals surface area contributed by atoms with Gasteiger partial charge in [-0.2, -0.15) is 5.10 Å². The number of pyridine rings is 1. The minimum atomic E-state index is 0.00533. The molecule has 0 aliphatic rings. The van der Waals surface area contributed by atoms with Crippen LogP contribution in [0, 0.1) is 0 Å². The van der Waals surface area contributed by atoms with Gasteiger partial charge in [-0.05, 0) is 40.5 Å². The first kappa shape index (κ1) is 10.3. The normalized spacial score (nSPS) is 12.7. The number of hydrogen-bond acceptors (Lipinski definition) is 3. The average Bonchev–Trinajstić information content (AvgIpc) is 2.65. The highest BCUT2D eigenvalue weighted by molar-refractivity contribution is 9.10. The maximum atomic E-state index is 5.80. The van der Waals surface area contributed by atoms with Crippen molar-refractivity contribution in [1.29, 1.82) is 0 Å². The summed E-state index contributed by atoms with van der Waals surface area (Å²) in [6.45, 7) is 1.94. The van der Waals surface area contributed by atoms with Crippen LogP contribution in [0.15, 0.2) is 35.2 Å². The first-order valence-electron chi connectivity index (χ1n) is 4.59. The lowest BCUT2D eigenvalue weighted by Crippen LogP contribution is -2.07. The summed E-state index contributed by atoms with van der Waals surface area (Å²) in [6.07, 6.45) is 5.32. The van der Waals surface area contributed by atoms with Crippen molar-refractivity contribution in [3.05, 3.63) is 40.8 Å². The summed E-state index contributed by atoms with van der Waals surface area (Å²) >= 11 is 3.34. The second-order valence-corrected chi connectivity index (χ2v) is 4.25. The molecule has 0 aromatic carbocycles. The van der Waals surface area contributed by atoms with E-state index in [0.717, 1.165) is 15.9 Å². The van der Waals surface area contributed by atoms with Crippen molar-refractivity contribution in [3.8, 4) is 5.82 Å². The molecule has 2 heterocycles. The number of nitrogens with two attached hydrogens (primary N) is 1. The lowest BCUT2D eigenvalue weighted by atomic mass is 10.1. The van der Waals surface area contributed by atoms with Gasteiger partial charge in [-0.15, -0.1) is 0 Å². The molecular weight excluding hydrogens is 256 g/mol. The summed E-state index contributed by atoms with van der Waals surface area (Å²) in [5.74, 6) is 0.774. The molecule has 5 heteroatoms. The summed E-state index contributed by atoms with van der Waals surface area (Å²) < 4.78 is 2.63. The molecule has 15 heavy (non-hydrogen) atoms. The molecule has 0 bridgehead atoms. The molecule has 2 rings (SSSR count). The van der Waals surface area contributed by atoms with E-state index in [0.29, 0.717) is 0 Å². The Hall–Kier alpha value is -1.20. The minimum Gasteiger partial charge on any atom is -0.324 e. The van der Waals surface area contributed by atoms with Crippen molar-refractivity contribution in [3.63, 3.8) is 0 Å². The van der Waals surface area contributed by atoms with Crippen molar-refractivity contribution in [2.45, 2.75) is 13.0 Å². The highest BCUT2D eigenvalue weighted by Crippen LogP contribution is 2.14. The fraction of sp³-hybridized carbons (Fsp3) is 0.200. The summed E-state index contributed by atoms with van der Waals surface area (Å²) in [5.41, 5.74) is 6.85. The Balaban J connectivity index is 2.41. The predicted octanol–water partition coefficient (Wildman–Crippen LogP) is 2.05. The first-order valence-corrected chi connectivity index (χ1v) is 5.38. The molecule has 2 N–H and O–H groups in total. The van der Waals surface area contributed by atoms with E-state index in [-0.39, 0.29) is 6.04 Å². The lowest BCUT2D eigenvalue weighted by molar-refractivity contribution is 0.796. The highest BCUT2D eigenvalue weighted by atomic mass is 79.9. The van der Waals surface area contributed by atoms with Gasteiger partial charge in [-0.3, -0.25) is 0 Å². The van der Waals surface area contributed by atoms with Gasteiger partial charge < -0.3 is 5.73 Å². The zero-order valence-electron chi connectivity index (χ0n) is 8.26. The van der Waals surface area contributed by atoms with Crippen LogP contribution in [0.2, 0.25) is 0 Å². The van der Waals surface area contributed by atoms with Gasteiger partial charge >= 0.3 is 0 Å². The van der Waals surface area contributed by atoms with Gasteiger partial charge in [0.05, 0.1) is 10.7 Å².